The van der Waals surface area contributed by atoms with Crippen molar-refractivity contribution in [2.24, 2.45) is 0 Å². The first kappa shape index (κ1) is 16.2. The van der Waals surface area contributed by atoms with Crippen LogP contribution in [-0.4, -0.2) is 28.8 Å². The average molecular weight is 292 g/mol. The van der Waals surface area contributed by atoms with Gasteiger partial charge in [-0.2, -0.15) is 0 Å². The van der Waals surface area contributed by atoms with E-state index in [9.17, 15) is 0 Å². The molecule has 0 amide bonds. The Kier molecular flexibility index (Phi) is 5.22. The van der Waals surface area contributed by atoms with Gasteiger partial charge in [-0.3, -0.25) is 4.98 Å². The van der Waals surface area contributed by atoms with Crippen LogP contribution in [0.3, 0.4) is 0 Å². The zero-order chi connectivity index (χ0) is 15.5. The van der Waals surface area contributed by atoms with Gasteiger partial charge in [0.2, 0.25) is 0 Å². The summed E-state index contributed by atoms with van der Waals surface area (Å²) in [5.41, 5.74) is 1.19. The highest BCUT2D eigenvalue weighted by atomic mass is 16.5. The first-order valence-corrected chi connectivity index (χ1v) is 7.83. The van der Waals surface area contributed by atoms with Crippen LogP contribution in [0.2, 0.25) is 0 Å². The van der Waals surface area contributed by atoms with Crippen LogP contribution in [0.25, 0.3) is 0 Å². The molecule has 1 fully saturated rings. The zero-order valence-electron chi connectivity index (χ0n) is 13.8. The summed E-state index contributed by atoms with van der Waals surface area (Å²) in [4.78, 5) is 4.22. The third kappa shape index (κ3) is 5.29. The molecule has 0 aliphatic carbocycles. The van der Waals surface area contributed by atoms with Gasteiger partial charge in [-0.05, 0) is 40.7 Å². The van der Waals surface area contributed by atoms with Crippen molar-refractivity contribution in [1.82, 2.24) is 10.3 Å². The van der Waals surface area contributed by atoms with E-state index >= 15 is 0 Å². The lowest BCUT2D eigenvalue weighted by atomic mass is 10.0. The summed E-state index contributed by atoms with van der Waals surface area (Å²) >= 11 is 0. The molecule has 0 bridgehead atoms. The molecule has 0 spiro atoms. The second-order valence-corrected chi connectivity index (χ2v) is 7.06. The van der Waals surface area contributed by atoms with Gasteiger partial charge in [0.05, 0.1) is 12.2 Å². The highest BCUT2D eigenvalue weighted by Crippen LogP contribution is 2.26. The predicted octanol–water partition coefficient (Wildman–Crippen LogP) is 3.30. The van der Waals surface area contributed by atoms with Crippen LogP contribution >= 0.6 is 0 Å². The van der Waals surface area contributed by atoms with Crippen molar-refractivity contribution in [3.8, 4) is 5.75 Å². The Bertz CT molecular complexity index is 446. The van der Waals surface area contributed by atoms with Gasteiger partial charge in [0.15, 0.2) is 0 Å². The fraction of sp³-hybridized carbons (Fsp3) is 0.706. The molecule has 1 aromatic rings. The van der Waals surface area contributed by atoms with E-state index in [1.807, 2.05) is 12.3 Å². The summed E-state index contributed by atoms with van der Waals surface area (Å²) in [7, 11) is 0. The van der Waals surface area contributed by atoms with Gasteiger partial charge >= 0.3 is 0 Å². The fourth-order valence-electron chi connectivity index (χ4n) is 2.64. The predicted molar refractivity (Wildman–Crippen MR) is 84.5 cm³/mol. The molecule has 1 aliphatic heterocycles. The van der Waals surface area contributed by atoms with Crippen LogP contribution < -0.4 is 10.1 Å². The van der Waals surface area contributed by atoms with Crippen LogP contribution in [0, 0.1) is 0 Å². The zero-order valence-corrected chi connectivity index (χ0v) is 13.8. The number of hydrogen-bond donors (Lipinski definition) is 1. The van der Waals surface area contributed by atoms with Gasteiger partial charge in [-0.15, -0.1) is 0 Å². The van der Waals surface area contributed by atoms with Crippen molar-refractivity contribution < 1.29 is 9.47 Å². The van der Waals surface area contributed by atoms with Crippen molar-refractivity contribution in [3.63, 3.8) is 0 Å². The molecule has 2 unspecified atom stereocenters. The van der Waals surface area contributed by atoms with Gasteiger partial charge < -0.3 is 14.8 Å². The third-order valence-corrected chi connectivity index (χ3v) is 3.62. The number of nitrogens with zero attached hydrogens (tertiary/aromatic N) is 1. The molecule has 0 saturated carbocycles. The summed E-state index contributed by atoms with van der Waals surface area (Å²) in [5.74, 6) is 0.938. The van der Waals surface area contributed by atoms with Gasteiger partial charge in [-0.25, -0.2) is 0 Å². The number of hydrogen-bond acceptors (Lipinski definition) is 4. The molecule has 0 aromatic carbocycles. The molecule has 1 aromatic heterocycles. The highest BCUT2D eigenvalue weighted by molar-refractivity contribution is 5.30. The number of pyridine rings is 1. The molecule has 21 heavy (non-hydrogen) atoms. The van der Waals surface area contributed by atoms with Gasteiger partial charge in [0.25, 0.3) is 0 Å². The van der Waals surface area contributed by atoms with Crippen LogP contribution in [-0.2, 0) is 11.3 Å². The standard InChI is InChI=1S/C17H28N2O2/c1-12-8-15(9-13(2)20-12)21-16-6-7-18-10-14(16)11-19-17(3,4)5/h6-7,10,12-13,15,19H,8-9,11H2,1-5H3. The van der Waals surface area contributed by atoms with E-state index < -0.39 is 0 Å². The Morgan fingerprint density at radius 2 is 1.95 bits per heavy atom. The van der Waals surface area contributed by atoms with Crippen LogP contribution in [0.15, 0.2) is 18.5 Å². The summed E-state index contributed by atoms with van der Waals surface area (Å²) in [6, 6.07) is 1.96. The number of ether oxygens (including phenoxy) is 2. The Morgan fingerprint density at radius 3 is 2.57 bits per heavy atom. The maximum Gasteiger partial charge on any atom is 0.127 e. The molecule has 2 rings (SSSR count). The van der Waals surface area contributed by atoms with E-state index in [1.165, 1.54) is 0 Å². The van der Waals surface area contributed by atoms with Crippen molar-refractivity contribution >= 4 is 0 Å². The molecule has 2 atom stereocenters. The number of aromatic nitrogens is 1. The Labute approximate surface area is 128 Å². The molecule has 1 N–H and O–H groups in total. The van der Waals surface area contributed by atoms with Crippen LogP contribution in [0.1, 0.15) is 53.0 Å². The summed E-state index contributed by atoms with van der Waals surface area (Å²) in [6.07, 6.45) is 6.31. The summed E-state index contributed by atoms with van der Waals surface area (Å²) in [6.45, 7) is 11.5. The van der Waals surface area contributed by atoms with Gasteiger partial charge in [0, 0.05) is 42.9 Å². The fourth-order valence-corrected chi connectivity index (χ4v) is 2.64. The number of nitrogens with one attached hydrogen (secondary N) is 1. The first-order valence-electron chi connectivity index (χ1n) is 7.83. The Balaban J connectivity index is 2.02. The molecule has 4 heteroatoms. The van der Waals surface area contributed by atoms with E-state index in [4.69, 9.17) is 9.47 Å². The van der Waals surface area contributed by atoms with Crippen LogP contribution in [0.5, 0.6) is 5.75 Å². The SMILES string of the molecule is CC1CC(Oc2ccncc2CNC(C)(C)C)CC(C)O1. The molecular formula is C17H28N2O2. The molecular weight excluding hydrogens is 264 g/mol. The minimum atomic E-state index is 0.0782. The third-order valence-electron chi connectivity index (χ3n) is 3.62. The second kappa shape index (κ2) is 6.75. The smallest absolute Gasteiger partial charge is 0.127 e. The van der Waals surface area contributed by atoms with Crippen molar-refractivity contribution in [3.05, 3.63) is 24.0 Å². The minimum absolute atomic E-state index is 0.0782. The first-order chi connectivity index (χ1) is 9.83. The van der Waals surface area contributed by atoms with Gasteiger partial charge in [-0.1, -0.05) is 0 Å². The Morgan fingerprint density at radius 1 is 1.29 bits per heavy atom. The lowest BCUT2D eigenvalue weighted by Gasteiger charge is -2.32. The second-order valence-electron chi connectivity index (χ2n) is 7.06. The lowest BCUT2D eigenvalue weighted by Crippen LogP contribution is -2.37. The van der Waals surface area contributed by atoms with Gasteiger partial charge in [0.1, 0.15) is 11.9 Å². The van der Waals surface area contributed by atoms with E-state index in [1.54, 1.807) is 6.20 Å². The van der Waals surface area contributed by atoms with E-state index in [2.05, 4.69) is 44.9 Å². The lowest BCUT2D eigenvalue weighted by molar-refractivity contribution is -0.0723. The molecule has 1 aliphatic rings. The van der Waals surface area contributed by atoms with Crippen molar-refractivity contribution in [2.45, 2.75) is 77.9 Å². The maximum absolute atomic E-state index is 6.23. The molecule has 0 radical (unpaired) electrons. The normalized spacial score (nSPS) is 26.6. The molecule has 1 saturated heterocycles. The molecule has 2 heterocycles. The summed E-state index contributed by atoms with van der Waals surface area (Å²) in [5, 5.41) is 3.49. The Hall–Kier alpha value is -1.13. The quantitative estimate of drug-likeness (QED) is 0.924. The highest BCUT2D eigenvalue weighted by Gasteiger charge is 2.26. The van der Waals surface area contributed by atoms with Crippen molar-refractivity contribution in [1.29, 1.82) is 0 Å². The summed E-state index contributed by atoms with van der Waals surface area (Å²) < 4.78 is 12.0. The maximum atomic E-state index is 6.23. The monoisotopic (exact) mass is 292 g/mol. The molecule has 118 valence electrons. The van der Waals surface area contributed by atoms with E-state index in [0.29, 0.717) is 0 Å². The molecule has 4 nitrogen and oxygen atoms in total. The van der Waals surface area contributed by atoms with E-state index in [-0.39, 0.29) is 23.9 Å². The van der Waals surface area contributed by atoms with Crippen molar-refractivity contribution in [2.75, 3.05) is 0 Å². The number of rotatable bonds is 4. The average Bonchev–Trinajstić information content (AvgIpc) is 2.35. The largest absolute Gasteiger partial charge is 0.490 e. The van der Waals surface area contributed by atoms with E-state index in [0.717, 1.165) is 30.7 Å². The van der Waals surface area contributed by atoms with Crippen LogP contribution in [0.4, 0.5) is 0 Å². The minimum Gasteiger partial charge on any atom is -0.490 e. The topological polar surface area (TPSA) is 43.4 Å².